The van der Waals surface area contributed by atoms with E-state index in [-0.39, 0.29) is 6.04 Å². The Hall–Kier alpha value is -0.870. The third kappa shape index (κ3) is 2.38. The van der Waals surface area contributed by atoms with Crippen LogP contribution in [0.15, 0.2) is 23.1 Å². The Morgan fingerprint density at radius 3 is 2.47 bits per heavy atom. The molecule has 1 saturated carbocycles. The Kier molecular flexibility index (Phi) is 3.27. The van der Waals surface area contributed by atoms with Gasteiger partial charge in [0, 0.05) is 12.6 Å². The molecule has 4 heteroatoms. The Morgan fingerprint density at radius 1 is 1.29 bits per heavy atom. The summed E-state index contributed by atoms with van der Waals surface area (Å²) in [6.45, 7) is 6.24. The fourth-order valence-corrected chi connectivity index (χ4v) is 4.10. The molecule has 0 spiro atoms. The fraction of sp³-hybridized carbons (Fsp3) is 0.538. The lowest BCUT2D eigenvalue weighted by molar-refractivity contribution is 0.420. The van der Waals surface area contributed by atoms with Crippen molar-refractivity contribution in [3.63, 3.8) is 0 Å². The van der Waals surface area contributed by atoms with Crippen LogP contribution in [0, 0.1) is 13.8 Å². The second-order valence-corrected chi connectivity index (χ2v) is 6.57. The molecule has 1 aromatic rings. The molecule has 0 aliphatic heterocycles. The summed E-state index contributed by atoms with van der Waals surface area (Å²) in [6.07, 6.45) is 2.00. The zero-order valence-corrected chi connectivity index (χ0v) is 11.4. The number of benzene rings is 1. The molecule has 0 amide bonds. The summed E-state index contributed by atoms with van der Waals surface area (Å²) >= 11 is 0. The summed E-state index contributed by atoms with van der Waals surface area (Å²) in [6, 6.07) is 5.82. The van der Waals surface area contributed by atoms with Crippen molar-refractivity contribution in [1.29, 1.82) is 0 Å². The van der Waals surface area contributed by atoms with Crippen molar-refractivity contribution in [3.05, 3.63) is 29.3 Å². The van der Waals surface area contributed by atoms with Crippen LogP contribution >= 0.6 is 0 Å². The lowest BCUT2D eigenvalue weighted by atomic mass is 10.2. The second kappa shape index (κ2) is 4.42. The van der Waals surface area contributed by atoms with Gasteiger partial charge in [0.2, 0.25) is 10.0 Å². The van der Waals surface area contributed by atoms with Gasteiger partial charge in [0.15, 0.2) is 0 Å². The van der Waals surface area contributed by atoms with Crippen LogP contribution < -0.4 is 0 Å². The smallest absolute Gasteiger partial charge is 0.207 e. The molecule has 0 radical (unpaired) electrons. The third-order valence-electron chi connectivity index (χ3n) is 3.20. The Bertz CT molecular complexity index is 518. The van der Waals surface area contributed by atoms with Gasteiger partial charge in [0.25, 0.3) is 0 Å². The van der Waals surface area contributed by atoms with E-state index in [0.717, 1.165) is 24.0 Å². The second-order valence-electron chi connectivity index (χ2n) is 4.71. The van der Waals surface area contributed by atoms with Crippen LogP contribution in [0.25, 0.3) is 0 Å². The standard InChI is InChI=1S/C13H19NO2S/c1-4-14(12-7-8-12)17(15,16)13-9-10(2)5-6-11(13)3/h5-6,9,12H,4,7-8H2,1-3H3. The van der Waals surface area contributed by atoms with Crippen LogP contribution in [-0.2, 0) is 10.0 Å². The predicted octanol–water partition coefficient (Wildman–Crippen LogP) is 2.48. The Labute approximate surface area is 104 Å². The molecule has 0 unspecified atom stereocenters. The van der Waals surface area contributed by atoms with Gasteiger partial charge < -0.3 is 0 Å². The minimum atomic E-state index is -3.31. The van der Waals surface area contributed by atoms with E-state index in [1.165, 1.54) is 0 Å². The molecular weight excluding hydrogens is 234 g/mol. The quantitative estimate of drug-likeness (QED) is 0.826. The molecule has 0 heterocycles. The summed E-state index contributed by atoms with van der Waals surface area (Å²) in [5.74, 6) is 0. The zero-order chi connectivity index (χ0) is 12.6. The number of hydrogen-bond acceptors (Lipinski definition) is 2. The van der Waals surface area contributed by atoms with Crippen LogP contribution in [0.4, 0.5) is 0 Å². The molecule has 94 valence electrons. The van der Waals surface area contributed by atoms with Crippen molar-refractivity contribution in [2.24, 2.45) is 0 Å². The van der Waals surface area contributed by atoms with Gasteiger partial charge in [-0.3, -0.25) is 0 Å². The first-order valence-electron chi connectivity index (χ1n) is 6.06. The van der Waals surface area contributed by atoms with Crippen LogP contribution in [0.3, 0.4) is 0 Å². The highest BCUT2D eigenvalue weighted by Crippen LogP contribution is 2.32. The van der Waals surface area contributed by atoms with E-state index < -0.39 is 10.0 Å². The fourth-order valence-electron chi connectivity index (χ4n) is 2.10. The van der Waals surface area contributed by atoms with E-state index in [1.54, 1.807) is 10.4 Å². The number of sulfonamides is 1. The molecule has 2 rings (SSSR count). The SMILES string of the molecule is CCN(C1CC1)S(=O)(=O)c1cc(C)ccc1C. The zero-order valence-electron chi connectivity index (χ0n) is 10.6. The van der Waals surface area contributed by atoms with Gasteiger partial charge in [-0.15, -0.1) is 0 Å². The first-order valence-corrected chi connectivity index (χ1v) is 7.50. The summed E-state index contributed by atoms with van der Waals surface area (Å²) in [5.41, 5.74) is 1.82. The number of nitrogens with zero attached hydrogens (tertiary/aromatic N) is 1. The summed E-state index contributed by atoms with van der Waals surface area (Å²) in [4.78, 5) is 0.464. The first kappa shape index (κ1) is 12.6. The molecule has 1 fully saturated rings. The molecule has 1 aliphatic carbocycles. The average Bonchev–Trinajstić information content (AvgIpc) is 3.06. The van der Waals surface area contributed by atoms with E-state index in [0.29, 0.717) is 11.4 Å². The maximum Gasteiger partial charge on any atom is 0.243 e. The predicted molar refractivity (Wildman–Crippen MR) is 68.5 cm³/mol. The van der Waals surface area contributed by atoms with Crippen molar-refractivity contribution in [3.8, 4) is 0 Å². The van der Waals surface area contributed by atoms with E-state index >= 15 is 0 Å². The normalized spacial score (nSPS) is 16.5. The van der Waals surface area contributed by atoms with Crippen LogP contribution in [0.1, 0.15) is 30.9 Å². The van der Waals surface area contributed by atoms with Crippen molar-refractivity contribution in [2.75, 3.05) is 6.54 Å². The number of hydrogen-bond donors (Lipinski definition) is 0. The molecular formula is C13H19NO2S. The average molecular weight is 253 g/mol. The van der Waals surface area contributed by atoms with Gasteiger partial charge in [0.05, 0.1) is 4.90 Å². The highest BCUT2D eigenvalue weighted by atomic mass is 32.2. The highest BCUT2D eigenvalue weighted by Gasteiger charge is 2.37. The van der Waals surface area contributed by atoms with Crippen molar-refractivity contribution in [2.45, 2.75) is 44.6 Å². The molecule has 0 saturated heterocycles. The Morgan fingerprint density at radius 2 is 1.94 bits per heavy atom. The van der Waals surface area contributed by atoms with E-state index in [2.05, 4.69) is 0 Å². The van der Waals surface area contributed by atoms with Gasteiger partial charge in [-0.05, 0) is 43.9 Å². The minimum absolute atomic E-state index is 0.227. The largest absolute Gasteiger partial charge is 0.243 e. The van der Waals surface area contributed by atoms with Gasteiger partial charge >= 0.3 is 0 Å². The third-order valence-corrected chi connectivity index (χ3v) is 5.37. The lowest BCUT2D eigenvalue weighted by Gasteiger charge is -2.21. The van der Waals surface area contributed by atoms with E-state index in [1.807, 2.05) is 32.9 Å². The minimum Gasteiger partial charge on any atom is -0.207 e. The molecule has 17 heavy (non-hydrogen) atoms. The highest BCUT2D eigenvalue weighted by molar-refractivity contribution is 7.89. The molecule has 1 aliphatic rings. The van der Waals surface area contributed by atoms with Gasteiger partial charge in [-0.2, -0.15) is 4.31 Å². The van der Waals surface area contributed by atoms with Crippen LogP contribution in [-0.4, -0.2) is 25.3 Å². The van der Waals surface area contributed by atoms with Gasteiger partial charge in [-0.25, -0.2) is 8.42 Å². The molecule has 0 aromatic heterocycles. The van der Waals surface area contributed by atoms with Gasteiger partial charge in [-0.1, -0.05) is 19.1 Å². The summed E-state index contributed by atoms with van der Waals surface area (Å²) in [7, 11) is -3.31. The van der Waals surface area contributed by atoms with Gasteiger partial charge in [0.1, 0.15) is 0 Å². The van der Waals surface area contributed by atoms with Crippen LogP contribution in [0.2, 0.25) is 0 Å². The maximum atomic E-state index is 12.5. The summed E-state index contributed by atoms with van der Waals surface area (Å²) in [5, 5.41) is 0. The number of aryl methyl sites for hydroxylation is 2. The molecule has 3 nitrogen and oxygen atoms in total. The van der Waals surface area contributed by atoms with Crippen molar-refractivity contribution >= 4 is 10.0 Å². The molecule has 0 N–H and O–H groups in total. The molecule has 0 bridgehead atoms. The first-order chi connectivity index (χ1) is 7.96. The summed E-state index contributed by atoms with van der Waals surface area (Å²) < 4.78 is 26.7. The van der Waals surface area contributed by atoms with Crippen LogP contribution in [0.5, 0.6) is 0 Å². The van der Waals surface area contributed by atoms with E-state index in [4.69, 9.17) is 0 Å². The number of rotatable bonds is 4. The Balaban J connectivity index is 2.46. The lowest BCUT2D eigenvalue weighted by Crippen LogP contribution is -2.33. The topological polar surface area (TPSA) is 37.4 Å². The van der Waals surface area contributed by atoms with Crippen molar-refractivity contribution in [1.82, 2.24) is 4.31 Å². The van der Waals surface area contributed by atoms with E-state index in [9.17, 15) is 8.42 Å². The molecule has 1 aromatic carbocycles. The van der Waals surface area contributed by atoms with Crippen molar-refractivity contribution < 1.29 is 8.42 Å². The monoisotopic (exact) mass is 253 g/mol. The maximum absolute atomic E-state index is 12.5. The molecule has 0 atom stereocenters.